The van der Waals surface area contributed by atoms with Crippen molar-refractivity contribution in [2.24, 2.45) is 12.8 Å². The Morgan fingerprint density at radius 3 is 2.52 bits per heavy atom. The summed E-state index contributed by atoms with van der Waals surface area (Å²) in [6, 6.07) is 4.16. The van der Waals surface area contributed by atoms with E-state index in [9.17, 15) is 8.78 Å². The highest BCUT2D eigenvalue weighted by Crippen LogP contribution is 2.24. The van der Waals surface area contributed by atoms with Crippen LogP contribution in [0.3, 0.4) is 0 Å². The molecular weight excluding hydrogens is 276 g/mol. The van der Waals surface area contributed by atoms with Gasteiger partial charge in [-0.2, -0.15) is 5.10 Å². The Bertz CT molecular complexity index is 590. The summed E-state index contributed by atoms with van der Waals surface area (Å²) in [7, 11) is 1.76. The summed E-state index contributed by atoms with van der Waals surface area (Å²) in [5.41, 5.74) is 6.93. The molecule has 1 atom stereocenters. The second kappa shape index (κ2) is 6.67. The third-order valence-corrected chi connectivity index (χ3v) is 3.21. The summed E-state index contributed by atoms with van der Waals surface area (Å²) in [5, 5.41) is 4.08. The van der Waals surface area contributed by atoms with E-state index in [0.29, 0.717) is 17.7 Å². The number of aromatic nitrogens is 2. The van der Waals surface area contributed by atoms with Crippen molar-refractivity contribution in [1.82, 2.24) is 9.78 Å². The van der Waals surface area contributed by atoms with Gasteiger partial charge in [0.1, 0.15) is 6.61 Å². The first-order valence-corrected chi connectivity index (χ1v) is 6.84. The van der Waals surface area contributed by atoms with Crippen molar-refractivity contribution in [3.63, 3.8) is 0 Å². The summed E-state index contributed by atoms with van der Waals surface area (Å²) >= 11 is 0. The molecule has 0 fully saturated rings. The van der Waals surface area contributed by atoms with Gasteiger partial charge in [-0.05, 0) is 36.6 Å². The molecule has 114 valence electrons. The predicted octanol–water partition coefficient (Wildman–Crippen LogP) is 2.56. The zero-order valence-electron chi connectivity index (χ0n) is 12.1. The van der Waals surface area contributed by atoms with E-state index in [0.717, 1.165) is 6.42 Å². The normalized spacial score (nSPS) is 12.4. The largest absolute Gasteiger partial charge is 0.481 e. The number of rotatable bonds is 6. The lowest BCUT2D eigenvalue weighted by molar-refractivity contribution is 0.269. The maximum Gasteiger partial charge on any atom is 0.191 e. The van der Waals surface area contributed by atoms with E-state index in [2.05, 4.69) is 5.10 Å². The lowest BCUT2D eigenvalue weighted by atomic mass is 10.0. The van der Waals surface area contributed by atoms with Gasteiger partial charge in [-0.25, -0.2) is 8.78 Å². The third-order valence-electron chi connectivity index (χ3n) is 3.21. The first kappa shape index (κ1) is 15.4. The van der Waals surface area contributed by atoms with E-state index < -0.39 is 11.6 Å². The maximum absolute atomic E-state index is 13.9. The molecule has 6 heteroatoms. The van der Waals surface area contributed by atoms with Crippen LogP contribution in [0.4, 0.5) is 8.78 Å². The monoisotopic (exact) mass is 295 g/mol. The topological polar surface area (TPSA) is 53.1 Å². The molecule has 0 spiro atoms. The smallest absolute Gasteiger partial charge is 0.191 e. The highest BCUT2D eigenvalue weighted by molar-refractivity contribution is 5.32. The van der Waals surface area contributed by atoms with Gasteiger partial charge in [0.2, 0.25) is 0 Å². The van der Waals surface area contributed by atoms with E-state index in [1.54, 1.807) is 24.0 Å². The van der Waals surface area contributed by atoms with Crippen LogP contribution in [0.15, 0.2) is 24.4 Å². The van der Waals surface area contributed by atoms with Gasteiger partial charge in [0, 0.05) is 19.3 Å². The van der Waals surface area contributed by atoms with Gasteiger partial charge in [-0.1, -0.05) is 6.92 Å². The van der Waals surface area contributed by atoms with Gasteiger partial charge < -0.3 is 10.5 Å². The van der Waals surface area contributed by atoms with Crippen LogP contribution in [0.1, 0.15) is 24.6 Å². The Morgan fingerprint density at radius 2 is 2.00 bits per heavy atom. The number of benzene rings is 1. The molecule has 1 aromatic heterocycles. The summed E-state index contributed by atoms with van der Waals surface area (Å²) in [6.07, 6.45) is 2.92. The summed E-state index contributed by atoms with van der Waals surface area (Å²) in [4.78, 5) is 0. The highest BCUT2D eigenvalue weighted by atomic mass is 19.1. The van der Waals surface area contributed by atoms with Crippen molar-refractivity contribution in [3.05, 3.63) is 47.3 Å². The molecule has 0 bridgehead atoms. The molecule has 0 saturated carbocycles. The van der Waals surface area contributed by atoms with Crippen LogP contribution in [0, 0.1) is 11.6 Å². The summed E-state index contributed by atoms with van der Waals surface area (Å²) in [5.74, 6) is -1.82. The van der Waals surface area contributed by atoms with Crippen LogP contribution in [-0.4, -0.2) is 15.8 Å². The van der Waals surface area contributed by atoms with Crippen LogP contribution < -0.4 is 10.5 Å². The first-order valence-electron chi connectivity index (χ1n) is 6.84. The number of hydrogen-bond acceptors (Lipinski definition) is 3. The lowest BCUT2D eigenvalue weighted by Crippen LogP contribution is -2.21. The Labute approximate surface area is 122 Å². The quantitative estimate of drug-likeness (QED) is 0.891. The van der Waals surface area contributed by atoms with Crippen LogP contribution in [0.25, 0.3) is 0 Å². The van der Waals surface area contributed by atoms with Gasteiger partial charge >= 0.3 is 0 Å². The fourth-order valence-corrected chi connectivity index (χ4v) is 2.00. The number of nitrogens with two attached hydrogens (primary N) is 1. The van der Waals surface area contributed by atoms with Gasteiger partial charge in [-0.3, -0.25) is 4.68 Å². The molecule has 1 aromatic carbocycles. The average Bonchev–Trinajstić information content (AvgIpc) is 2.83. The molecule has 0 aliphatic heterocycles. The Balaban J connectivity index is 2.09. The van der Waals surface area contributed by atoms with Gasteiger partial charge in [-0.15, -0.1) is 0 Å². The molecule has 21 heavy (non-hydrogen) atoms. The zero-order chi connectivity index (χ0) is 15.4. The van der Waals surface area contributed by atoms with Gasteiger partial charge in [0.15, 0.2) is 17.4 Å². The Hall–Kier alpha value is -1.95. The van der Waals surface area contributed by atoms with Crippen molar-refractivity contribution in [2.45, 2.75) is 32.4 Å². The van der Waals surface area contributed by atoms with Crippen LogP contribution in [0.5, 0.6) is 5.75 Å². The average molecular weight is 295 g/mol. The molecule has 0 aliphatic carbocycles. The minimum Gasteiger partial charge on any atom is -0.481 e. The molecule has 0 saturated heterocycles. The molecule has 0 aliphatic rings. The number of nitrogens with zero attached hydrogens (tertiary/aromatic N) is 2. The molecule has 0 radical (unpaired) electrons. The summed E-state index contributed by atoms with van der Waals surface area (Å²) in [6.45, 7) is 1.95. The van der Waals surface area contributed by atoms with E-state index in [1.807, 2.05) is 6.92 Å². The Kier molecular flexibility index (Phi) is 4.90. The number of aryl methyl sites for hydroxylation is 1. The molecule has 4 nitrogen and oxygen atoms in total. The van der Waals surface area contributed by atoms with E-state index in [-0.39, 0.29) is 18.4 Å². The number of halogens is 2. The standard InChI is InChI=1S/C15H19F2N3O/c1-3-11(18)6-10-7-13(16)15(14(17)8-10)21-9-12-4-5-20(2)19-12/h4-5,7-8,11H,3,6,9,18H2,1-2H3. The minimum atomic E-state index is -0.718. The zero-order valence-corrected chi connectivity index (χ0v) is 12.1. The third kappa shape index (κ3) is 4.01. The van der Waals surface area contributed by atoms with Crippen molar-refractivity contribution in [2.75, 3.05) is 0 Å². The van der Waals surface area contributed by atoms with Crippen molar-refractivity contribution in [1.29, 1.82) is 0 Å². The van der Waals surface area contributed by atoms with E-state index in [4.69, 9.17) is 10.5 Å². The van der Waals surface area contributed by atoms with Gasteiger partial charge in [0.05, 0.1) is 5.69 Å². The van der Waals surface area contributed by atoms with Crippen molar-refractivity contribution < 1.29 is 13.5 Å². The molecule has 1 unspecified atom stereocenters. The molecule has 2 rings (SSSR count). The fraction of sp³-hybridized carbons (Fsp3) is 0.400. The summed E-state index contributed by atoms with van der Waals surface area (Å²) < 4.78 is 34.7. The molecule has 2 N–H and O–H groups in total. The van der Waals surface area contributed by atoms with Gasteiger partial charge in [0.25, 0.3) is 0 Å². The first-order chi connectivity index (χ1) is 9.99. The second-order valence-electron chi connectivity index (χ2n) is 5.03. The Morgan fingerprint density at radius 1 is 1.33 bits per heavy atom. The fourth-order valence-electron chi connectivity index (χ4n) is 2.00. The number of ether oxygens (including phenoxy) is 1. The second-order valence-corrected chi connectivity index (χ2v) is 5.03. The van der Waals surface area contributed by atoms with Crippen molar-refractivity contribution >= 4 is 0 Å². The van der Waals surface area contributed by atoms with E-state index >= 15 is 0 Å². The predicted molar refractivity (Wildman–Crippen MR) is 75.9 cm³/mol. The van der Waals surface area contributed by atoms with E-state index in [1.165, 1.54) is 12.1 Å². The SMILES string of the molecule is CCC(N)Cc1cc(F)c(OCc2ccn(C)n2)c(F)c1. The van der Waals surface area contributed by atoms with Crippen LogP contribution >= 0.6 is 0 Å². The molecule has 2 aromatic rings. The molecule has 1 heterocycles. The van der Waals surface area contributed by atoms with Crippen LogP contribution in [0.2, 0.25) is 0 Å². The lowest BCUT2D eigenvalue weighted by Gasteiger charge is -2.12. The minimum absolute atomic E-state index is 0.0164. The van der Waals surface area contributed by atoms with Crippen LogP contribution in [-0.2, 0) is 20.1 Å². The maximum atomic E-state index is 13.9. The molecule has 0 amide bonds. The van der Waals surface area contributed by atoms with Crippen molar-refractivity contribution in [3.8, 4) is 5.75 Å². The highest BCUT2D eigenvalue weighted by Gasteiger charge is 2.14. The number of hydrogen-bond donors (Lipinski definition) is 1. The molecular formula is C15H19F2N3O.